The molecule has 34 heavy (non-hydrogen) atoms. The van der Waals surface area contributed by atoms with E-state index in [4.69, 9.17) is 30.2 Å². The third kappa shape index (κ3) is 9.16. The van der Waals surface area contributed by atoms with Gasteiger partial charge in [0.15, 0.2) is 0 Å². The molecule has 0 atom stereocenters. The molecule has 0 fully saturated rings. The zero-order valence-corrected chi connectivity index (χ0v) is 23.4. The standard InChI is InChI=1S/C25H26ClIO6S/c1-17(28)32-18-9-10-19-20(22(26)23(29)33-21(19)16-18)8-6-11-24(2,3)31-14-12-25(4,5)30-13-7-15-34-27/h9-10,16H,8,12-14H2,1-5H3. The quantitative estimate of drug-likeness (QED) is 0.119. The second-order valence-electron chi connectivity index (χ2n) is 8.43. The third-order valence-electron chi connectivity index (χ3n) is 4.65. The van der Waals surface area contributed by atoms with Crippen molar-refractivity contribution in [1.29, 1.82) is 0 Å². The zero-order valence-electron chi connectivity index (χ0n) is 19.7. The zero-order chi connectivity index (χ0) is 25.4. The number of carbonyl (C=O) groups excluding carboxylic acids is 1. The highest BCUT2D eigenvalue weighted by Gasteiger charge is 2.21. The average molecular weight is 617 g/mol. The third-order valence-corrected chi connectivity index (χ3v) is 5.92. The number of ether oxygens (including phenoxy) is 3. The van der Waals surface area contributed by atoms with Crippen LogP contribution in [-0.4, -0.2) is 30.4 Å². The van der Waals surface area contributed by atoms with Crippen molar-refractivity contribution in [2.75, 3.05) is 13.2 Å². The molecule has 0 aliphatic rings. The molecule has 182 valence electrons. The number of carbonyl (C=O) groups is 1. The first-order chi connectivity index (χ1) is 15.9. The second kappa shape index (κ2) is 12.9. The van der Waals surface area contributed by atoms with Gasteiger partial charge >= 0.3 is 11.6 Å². The summed E-state index contributed by atoms with van der Waals surface area (Å²) in [4.78, 5) is 23.4. The van der Waals surface area contributed by atoms with E-state index >= 15 is 0 Å². The molecular weight excluding hydrogens is 591 g/mol. The topological polar surface area (TPSA) is 75.0 Å². The molecule has 0 bridgehead atoms. The van der Waals surface area contributed by atoms with Crippen LogP contribution in [0.2, 0.25) is 5.02 Å². The number of halogens is 2. The molecule has 1 aromatic heterocycles. The van der Waals surface area contributed by atoms with Crippen molar-refractivity contribution >= 4 is 58.7 Å². The molecule has 0 saturated carbocycles. The average Bonchev–Trinajstić information content (AvgIpc) is 2.73. The first-order valence-electron chi connectivity index (χ1n) is 10.4. The van der Waals surface area contributed by atoms with Gasteiger partial charge in [-0.2, -0.15) is 0 Å². The van der Waals surface area contributed by atoms with Gasteiger partial charge in [-0.1, -0.05) is 29.4 Å². The van der Waals surface area contributed by atoms with E-state index in [2.05, 4.69) is 44.2 Å². The van der Waals surface area contributed by atoms with Crippen LogP contribution >= 0.6 is 41.7 Å². The number of hydrogen-bond acceptors (Lipinski definition) is 7. The summed E-state index contributed by atoms with van der Waals surface area (Å²) in [7, 11) is 1.42. The van der Waals surface area contributed by atoms with Gasteiger partial charge in [-0.15, -0.1) is 0 Å². The summed E-state index contributed by atoms with van der Waals surface area (Å²) in [6, 6.07) is 4.78. The molecule has 0 saturated heterocycles. The lowest BCUT2D eigenvalue weighted by molar-refractivity contribution is -0.131. The highest BCUT2D eigenvalue weighted by molar-refractivity contribution is 14.2. The smallest absolute Gasteiger partial charge is 0.355 e. The minimum atomic E-state index is -0.710. The Morgan fingerprint density at radius 2 is 1.94 bits per heavy atom. The largest absolute Gasteiger partial charge is 0.427 e. The Balaban J connectivity index is 2.08. The van der Waals surface area contributed by atoms with E-state index in [0.29, 0.717) is 30.6 Å². The maximum Gasteiger partial charge on any atom is 0.355 e. The molecule has 2 aromatic rings. The Morgan fingerprint density at radius 3 is 2.62 bits per heavy atom. The van der Waals surface area contributed by atoms with E-state index < -0.39 is 17.2 Å². The molecule has 6 nitrogen and oxygen atoms in total. The number of esters is 1. The van der Waals surface area contributed by atoms with Crippen LogP contribution in [0.1, 0.15) is 46.6 Å². The van der Waals surface area contributed by atoms with Crippen LogP contribution in [-0.2, 0) is 20.7 Å². The molecule has 0 N–H and O–H groups in total. The molecule has 0 unspecified atom stereocenters. The van der Waals surface area contributed by atoms with Gasteiger partial charge in [0.1, 0.15) is 28.6 Å². The maximum atomic E-state index is 12.2. The second-order valence-corrected chi connectivity index (χ2v) is 10.5. The summed E-state index contributed by atoms with van der Waals surface area (Å²) < 4.78 is 22.1. The highest BCUT2D eigenvalue weighted by atomic mass is 127. The van der Waals surface area contributed by atoms with E-state index in [9.17, 15) is 9.59 Å². The van der Waals surface area contributed by atoms with Gasteiger partial charge < -0.3 is 18.6 Å². The number of rotatable bonds is 8. The summed E-state index contributed by atoms with van der Waals surface area (Å²) in [6.07, 6.45) is 0.904. The minimum Gasteiger partial charge on any atom is -0.427 e. The van der Waals surface area contributed by atoms with Crippen molar-refractivity contribution < 1.29 is 23.4 Å². The molecule has 0 amide bonds. The predicted molar refractivity (Wildman–Crippen MR) is 144 cm³/mol. The summed E-state index contributed by atoms with van der Waals surface area (Å²) in [5, 5.41) is 3.49. The van der Waals surface area contributed by atoms with Crippen molar-refractivity contribution in [1.82, 2.24) is 0 Å². The Hall–Kier alpha value is -1.69. The molecule has 1 heterocycles. The lowest BCUT2D eigenvalue weighted by Crippen LogP contribution is -2.30. The van der Waals surface area contributed by atoms with Crippen LogP contribution in [0.3, 0.4) is 0 Å². The van der Waals surface area contributed by atoms with Crippen molar-refractivity contribution in [2.24, 2.45) is 0 Å². The summed E-state index contributed by atoms with van der Waals surface area (Å²) >= 11 is 8.34. The number of fused-ring (bicyclic) bond motifs is 1. The summed E-state index contributed by atoms with van der Waals surface area (Å²) in [5.74, 6) is 8.91. The number of hydrogen-bond donors (Lipinski definition) is 0. The summed E-state index contributed by atoms with van der Waals surface area (Å²) in [5.41, 5.74) is -0.942. The van der Waals surface area contributed by atoms with Gasteiger partial charge in [0.05, 0.1) is 12.2 Å². The first-order valence-corrected chi connectivity index (χ1v) is 14.1. The molecule has 0 radical (unpaired) electrons. The van der Waals surface area contributed by atoms with Crippen LogP contribution in [0.25, 0.3) is 11.0 Å². The van der Waals surface area contributed by atoms with Crippen LogP contribution in [0.5, 0.6) is 5.75 Å². The van der Waals surface area contributed by atoms with Crippen LogP contribution in [0.15, 0.2) is 27.4 Å². The molecule has 0 aliphatic carbocycles. The van der Waals surface area contributed by atoms with Crippen molar-refractivity contribution in [3.8, 4) is 28.8 Å². The van der Waals surface area contributed by atoms with Gasteiger partial charge in [0, 0.05) is 51.6 Å². The van der Waals surface area contributed by atoms with E-state index in [1.807, 2.05) is 27.7 Å². The van der Waals surface area contributed by atoms with Crippen LogP contribution in [0, 0.1) is 23.0 Å². The SMILES string of the molecule is CC(=O)Oc1ccc2c(CC#CC(C)(C)OCCC(C)(C)OCC#CSI)c(Cl)c(=O)oc2c1. The first kappa shape index (κ1) is 28.5. The fourth-order valence-corrected chi connectivity index (χ4v) is 3.71. The van der Waals surface area contributed by atoms with Crippen molar-refractivity contribution in [3.05, 3.63) is 39.2 Å². The molecule has 0 spiro atoms. The highest BCUT2D eigenvalue weighted by Crippen LogP contribution is 2.27. The molecule has 2 rings (SSSR count). The Morgan fingerprint density at radius 1 is 1.21 bits per heavy atom. The Bertz CT molecular complexity index is 1210. The Kier molecular flexibility index (Phi) is 10.8. The molecule has 9 heteroatoms. The van der Waals surface area contributed by atoms with E-state index in [1.165, 1.54) is 21.9 Å². The van der Waals surface area contributed by atoms with Crippen molar-refractivity contribution in [3.63, 3.8) is 0 Å². The minimum absolute atomic E-state index is 0.0243. The van der Waals surface area contributed by atoms with E-state index in [1.54, 1.807) is 12.1 Å². The van der Waals surface area contributed by atoms with Gasteiger partial charge in [0.25, 0.3) is 0 Å². The van der Waals surface area contributed by atoms with Crippen LogP contribution in [0.4, 0.5) is 0 Å². The van der Waals surface area contributed by atoms with E-state index in [-0.39, 0.29) is 28.4 Å². The monoisotopic (exact) mass is 616 g/mol. The van der Waals surface area contributed by atoms with Gasteiger partial charge in [0.2, 0.25) is 0 Å². The molecule has 1 aromatic carbocycles. The summed E-state index contributed by atoms with van der Waals surface area (Å²) in [6.45, 7) is 9.87. The fraction of sp³-hybridized carbons (Fsp3) is 0.440. The maximum absolute atomic E-state index is 12.2. The van der Waals surface area contributed by atoms with E-state index in [0.717, 1.165) is 0 Å². The number of benzene rings is 1. The predicted octanol–water partition coefficient (Wildman–Crippen LogP) is 5.94. The van der Waals surface area contributed by atoms with Gasteiger partial charge in [-0.05, 0) is 60.4 Å². The lowest BCUT2D eigenvalue weighted by Gasteiger charge is -2.26. The van der Waals surface area contributed by atoms with Crippen molar-refractivity contribution in [2.45, 2.75) is 58.7 Å². The fourth-order valence-electron chi connectivity index (χ4n) is 2.92. The van der Waals surface area contributed by atoms with Gasteiger partial charge in [-0.3, -0.25) is 4.79 Å². The van der Waals surface area contributed by atoms with Gasteiger partial charge in [-0.25, -0.2) is 4.79 Å². The normalized spacial score (nSPS) is 11.4. The van der Waals surface area contributed by atoms with Crippen LogP contribution < -0.4 is 10.4 Å². The Labute approximate surface area is 221 Å². The molecule has 0 aliphatic heterocycles. The molecular formula is C25H26ClIO6S. The lowest BCUT2D eigenvalue weighted by atomic mass is 10.0.